The predicted octanol–water partition coefficient (Wildman–Crippen LogP) is 2.81. The SMILES string of the molecule is CCS(=O)(=O)NC1CCC(Nc2cc(-c3cnn4c3NCCCC4)ccn2)CC1. The summed E-state index contributed by atoms with van der Waals surface area (Å²) < 4.78 is 28.4. The van der Waals surface area contributed by atoms with Crippen LogP contribution >= 0.6 is 0 Å². The number of rotatable bonds is 6. The summed E-state index contributed by atoms with van der Waals surface area (Å²) in [4.78, 5) is 4.50. The van der Waals surface area contributed by atoms with Gasteiger partial charge < -0.3 is 10.6 Å². The van der Waals surface area contributed by atoms with E-state index in [1.165, 1.54) is 0 Å². The third-order valence-electron chi connectivity index (χ3n) is 5.80. The molecule has 0 atom stereocenters. The van der Waals surface area contributed by atoms with E-state index in [0.717, 1.165) is 74.4 Å². The molecule has 1 fully saturated rings. The first-order valence-electron chi connectivity index (χ1n) is 10.6. The first kappa shape index (κ1) is 20.2. The van der Waals surface area contributed by atoms with Crippen molar-refractivity contribution < 1.29 is 8.42 Å². The van der Waals surface area contributed by atoms with Gasteiger partial charge in [0, 0.05) is 36.9 Å². The van der Waals surface area contributed by atoms with Crippen molar-refractivity contribution in [3.05, 3.63) is 24.5 Å². The molecule has 8 nitrogen and oxygen atoms in total. The number of sulfonamides is 1. The van der Waals surface area contributed by atoms with Crippen LogP contribution in [0.5, 0.6) is 0 Å². The van der Waals surface area contributed by atoms with E-state index in [4.69, 9.17) is 0 Å². The zero-order chi connectivity index (χ0) is 20.3. The van der Waals surface area contributed by atoms with Gasteiger partial charge in [0.1, 0.15) is 11.6 Å². The van der Waals surface area contributed by atoms with Crippen molar-refractivity contribution in [2.75, 3.05) is 22.9 Å². The van der Waals surface area contributed by atoms with Gasteiger partial charge in [-0.1, -0.05) is 0 Å². The van der Waals surface area contributed by atoms with Crippen molar-refractivity contribution >= 4 is 21.7 Å². The van der Waals surface area contributed by atoms with E-state index in [0.29, 0.717) is 6.04 Å². The summed E-state index contributed by atoms with van der Waals surface area (Å²) in [5.41, 5.74) is 2.21. The van der Waals surface area contributed by atoms with Gasteiger partial charge in [0.15, 0.2) is 0 Å². The number of pyridine rings is 1. The van der Waals surface area contributed by atoms with Crippen molar-refractivity contribution in [1.29, 1.82) is 0 Å². The van der Waals surface area contributed by atoms with Gasteiger partial charge in [0.25, 0.3) is 0 Å². The van der Waals surface area contributed by atoms with Crippen molar-refractivity contribution in [2.24, 2.45) is 0 Å². The molecule has 0 aromatic carbocycles. The molecule has 3 heterocycles. The van der Waals surface area contributed by atoms with E-state index in [9.17, 15) is 8.42 Å². The lowest BCUT2D eigenvalue weighted by molar-refractivity contribution is 0.387. The Hall–Kier alpha value is -2.13. The number of aryl methyl sites for hydroxylation is 1. The van der Waals surface area contributed by atoms with Gasteiger partial charge in [-0.3, -0.25) is 0 Å². The van der Waals surface area contributed by atoms with Crippen LogP contribution in [0.25, 0.3) is 11.1 Å². The molecule has 1 aliphatic carbocycles. The highest BCUT2D eigenvalue weighted by Gasteiger charge is 2.24. The van der Waals surface area contributed by atoms with Crippen LogP contribution in [0.3, 0.4) is 0 Å². The minimum Gasteiger partial charge on any atom is -0.370 e. The number of aromatic nitrogens is 3. The smallest absolute Gasteiger partial charge is 0.211 e. The maximum atomic E-state index is 11.8. The van der Waals surface area contributed by atoms with E-state index in [2.05, 4.69) is 36.2 Å². The Morgan fingerprint density at radius 3 is 2.79 bits per heavy atom. The van der Waals surface area contributed by atoms with Crippen LogP contribution in [0, 0.1) is 0 Å². The van der Waals surface area contributed by atoms with Gasteiger partial charge in [-0.25, -0.2) is 22.8 Å². The highest BCUT2D eigenvalue weighted by atomic mass is 32.2. The zero-order valence-corrected chi connectivity index (χ0v) is 17.7. The first-order chi connectivity index (χ1) is 14.0. The van der Waals surface area contributed by atoms with Crippen molar-refractivity contribution in [1.82, 2.24) is 19.5 Å². The average Bonchev–Trinajstić information content (AvgIpc) is 2.98. The summed E-state index contributed by atoms with van der Waals surface area (Å²) in [5.74, 6) is 2.08. The molecule has 158 valence electrons. The van der Waals surface area contributed by atoms with E-state index in [1.807, 2.05) is 18.5 Å². The largest absolute Gasteiger partial charge is 0.370 e. The Morgan fingerprint density at radius 1 is 1.21 bits per heavy atom. The van der Waals surface area contributed by atoms with Crippen LogP contribution in [0.2, 0.25) is 0 Å². The Bertz CT molecular complexity index is 934. The van der Waals surface area contributed by atoms with Crippen molar-refractivity contribution in [2.45, 2.75) is 64.1 Å². The fourth-order valence-corrected chi connectivity index (χ4v) is 5.04. The van der Waals surface area contributed by atoms with Gasteiger partial charge in [-0.15, -0.1) is 0 Å². The molecule has 4 rings (SSSR count). The minimum absolute atomic E-state index is 0.0474. The molecule has 1 aliphatic heterocycles. The molecule has 0 spiro atoms. The van der Waals surface area contributed by atoms with Gasteiger partial charge in [0.2, 0.25) is 10.0 Å². The van der Waals surface area contributed by atoms with E-state index < -0.39 is 10.0 Å². The van der Waals surface area contributed by atoms with Gasteiger partial charge >= 0.3 is 0 Å². The molecular formula is C20H30N6O2S. The molecule has 2 aliphatic rings. The summed E-state index contributed by atoms with van der Waals surface area (Å²) in [7, 11) is -3.13. The van der Waals surface area contributed by atoms with Crippen LogP contribution in [0.15, 0.2) is 24.5 Å². The molecule has 0 unspecified atom stereocenters. The number of nitrogens with one attached hydrogen (secondary N) is 3. The van der Waals surface area contributed by atoms with E-state index in [-0.39, 0.29) is 11.8 Å². The second-order valence-electron chi connectivity index (χ2n) is 7.91. The van der Waals surface area contributed by atoms with E-state index in [1.54, 1.807) is 6.92 Å². The Balaban J connectivity index is 1.40. The maximum Gasteiger partial charge on any atom is 0.211 e. The maximum absolute atomic E-state index is 11.8. The molecule has 9 heteroatoms. The van der Waals surface area contributed by atoms with Crippen molar-refractivity contribution in [3.8, 4) is 11.1 Å². The molecule has 0 radical (unpaired) electrons. The third-order valence-corrected chi connectivity index (χ3v) is 7.26. The number of hydrogen-bond donors (Lipinski definition) is 3. The molecule has 0 amide bonds. The Labute approximate surface area is 172 Å². The fraction of sp³-hybridized carbons (Fsp3) is 0.600. The summed E-state index contributed by atoms with van der Waals surface area (Å²) in [6.07, 6.45) is 9.59. The normalized spacial score (nSPS) is 22.4. The fourth-order valence-electron chi connectivity index (χ4n) is 4.12. The molecule has 29 heavy (non-hydrogen) atoms. The summed E-state index contributed by atoms with van der Waals surface area (Å²) in [6.45, 7) is 3.59. The Morgan fingerprint density at radius 2 is 2.00 bits per heavy atom. The topological polar surface area (TPSA) is 101 Å². The van der Waals surface area contributed by atoms with Gasteiger partial charge in [0.05, 0.1) is 11.9 Å². The minimum atomic E-state index is -3.13. The van der Waals surface area contributed by atoms with Crippen LogP contribution in [0.4, 0.5) is 11.6 Å². The van der Waals surface area contributed by atoms with Gasteiger partial charge in [-0.05, 0) is 63.1 Å². The lowest BCUT2D eigenvalue weighted by Crippen LogP contribution is -2.40. The molecule has 0 bridgehead atoms. The molecule has 3 N–H and O–H groups in total. The standard InChI is InChI=1S/C20H30N6O2S/c1-2-29(27,28)25-17-7-5-16(6-8-17)24-19-13-15(9-11-21-19)18-14-23-26-12-4-3-10-22-20(18)26/h9,11,13-14,16-17,22,25H,2-8,10,12H2,1H3,(H,21,24). The molecule has 2 aromatic heterocycles. The van der Waals surface area contributed by atoms with Crippen LogP contribution in [-0.2, 0) is 16.6 Å². The lowest BCUT2D eigenvalue weighted by atomic mass is 9.92. The molecule has 2 aromatic rings. The first-order valence-corrected chi connectivity index (χ1v) is 12.2. The molecule has 1 saturated carbocycles. The van der Waals surface area contributed by atoms with Crippen LogP contribution in [0.1, 0.15) is 45.4 Å². The van der Waals surface area contributed by atoms with E-state index >= 15 is 0 Å². The second-order valence-corrected chi connectivity index (χ2v) is 9.95. The number of hydrogen-bond acceptors (Lipinski definition) is 6. The number of fused-ring (bicyclic) bond motifs is 1. The van der Waals surface area contributed by atoms with Gasteiger partial charge in [-0.2, -0.15) is 5.10 Å². The quantitative estimate of drug-likeness (QED) is 0.667. The second kappa shape index (κ2) is 8.71. The highest BCUT2D eigenvalue weighted by molar-refractivity contribution is 7.89. The summed E-state index contributed by atoms with van der Waals surface area (Å²) >= 11 is 0. The summed E-state index contributed by atoms with van der Waals surface area (Å²) in [6, 6.07) is 4.45. The van der Waals surface area contributed by atoms with Crippen LogP contribution in [-0.4, -0.2) is 47.6 Å². The molecular weight excluding hydrogens is 388 g/mol. The summed E-state index contributed by atoms with van der Waals surface area (Å²) in [5, 5.41) is 11.6. The average molecular weight is 419 g/mol. The monoisotopic (exact) mass is 418 g/mol. The third kappa shape index (κ3) is 4.90. The predicted molar refractivity (Wildman–Crippen MR) is 115 cm³/mol. The van der Waals surface area contributed by atoms with Crippen LogP contribution < -0.4 is 15.4 Å². The van der Waals surface area contributed by atoms with Crippen molar-refractivity contribution in [3.63, 3.8) is 0 Å². The zero-order valence-electron chi connectivity index (χ0n) is 16.9. The lowest BCUT2D eigenvalue weighted by Gasteiger charge is -2.29. The Kier molecular flexibility index (Phi) is 6.05. The highest BCUT2D eigenvalue weighted by Crippen LogP contribution is 2.31. The number of anilines is 2. The number of nitrogens with zero attached hydrogens (tertiary/aromatic N) is 3. The molecule has 0 saturated heterocycles.